The minimum atomic E-state index is -0.0177. The third-order valence-corrected chi connectivity index (χ3v) is 5.60. The molecule has 2 aliphatic rings. The Morgan fingerprint density at radius 2 is 2.15 bits per heavy atom. The molecule has 2 heterocycles. The van der Waals surface area contributed by atoms with Gasteiger partial charge in [0.2, 0.25) is 5.91 Å². The number of carbonyl (C=O) groups excluding carboxylic acids is 2. The number of aliphatic hydroxyl groups is 1. The first kappa shape index (κ1) is 18.7. The standard InChI is InChI=1S/C20H28N2O4/c1-26-17-6-2-5-16(13-17)19(25)22-10-3-8-20(15-22)9-7-18(24)21(14-20)11-4-12-23/h2,5-6,13,23H,3-4,7-12,14-15H2,1H3. The van der Waals surface area contributed by atoms with Gasteiger partial charge < -0.3 is 19.6 Å². The number of aliphatic hydroxyl groups excluding tert-OH is 1. The number of rotatable bonds is 5. The molecule has 142 valence electrons. The Hall–Kier alpha value is -2.08. The average molecular weight is 360 g/mol. The molecular formula is C20H28N2O4. The Balaban J connectivity index is 1.71. The summed E-state index contributed by atoms with van der Waals surface area (Å²) in [6, 6.07) is 7.27. The summed E-state index contributed by atoms with van der Waals surface area (Å²) in [5.74, 6) is 0.878. The van der Waals surface area contributed by atoms with Crippen LogP contribution in [0.1, 0.15) is 42.5 Å². The maximum Gasteiger partial charge on any atom is 0.254 e. The Labute approximate surface area is 154 Å². The lowest BCUT2D eigenvalue weighted by atomic mass is 9.73. The van der Waals surface area contributed by atoms with Crippen molar-refractivity contribution >= 4 is 11.8 Å². The summed E-state index contributed by atoms with van der Waals surface area (Å²) in [6.45, 7) is 2.82. The van der Waals surface area contributed by atoms with Crippen LogP contribution in [0.5, 0.6) is 5.75 Å². The Bertz CT molecular complexity index is 663. The van der Waals surface area contributed by atoms with E-state index in [4.69, 9.17) is 9.84 Å². The van der Waals surface area contributed by atoms with Gasteiger partial charge in [0.15, 0.2) is 0 Å². The van der Waals surface area contributed by atoms with Crippen LogP contribution in [0.25, 0.3) is 0 Å². The predicted octanol–water partition coefficient (Wildman–Crippen LogP) is 1.92. The van der Waals surface area contributed by atoms with Gasteiger partial charge in [0.1, 0.15) is 5.75 Å². The van der Waals surface area contributed by atoms with E-state index < -0.39 is 0 Å². The van der Waals surface area contributed by atoms with Crippen molar-refractivity contribution in [2.75, 3.05) is 39.9 Å². The lowest BCUT2D eigenvalue weighted by Gasteiger charge is -2.48. The van der Waals surface area contributed by atoms with Crippen LogP contribution >= 0.6 is 0 Å². The molecule has 1 unspecified atom stereocenters. The van der Waals surface area contributed by atoms with Crippen LogP contribution in [0.2, 0.25) is 0 Å². The predicted molar refractivity (Wildman–Crippen MR) is 98.1 cm³/mol. The van der Waals surface area contributed by atoms with E-state index in [1.54, 1.807) is 13.2 Å². The number of likely N-dealkylation sites (tertiary alicyclic amines) is 2. The first-order valence-corrected chi connectivity index (χ1v) is 9.39. The molecule has 1 aromatic rings. The molecule has 2 amide bonds. The smallest absolute Gasteiger partial charge is 0.254 e. The van der Waals surface area contributed by atoms with Crippen LogP contribution < -0.4 is 4.74 Å². The molecular weight excluding hydrogens is 332 g/mol. The summed E-state index contributed by atoms with van der Waals surface area (Å²) < 4.78 is 5.23. The van der Waals surface area contributed by atoms with Crippen molar-refractivity contribution < 1.29 is 19.4 Å². The fourth-order valence-corrected chi connectivity index (χ4v) is 4.22. The molecule has 0 aromatic heterocycles. The van der Waals surface area contributed by atoms with Crippen molar-refractivity contribution in [1.82, 2.24) is 9.80 Å². The normalized spacial score (nSPS) is 23.4. The highest BCUT2D eigenvalue weighted by atomic mass is 16.5. The van der Waals surface area contributed by atoms with Gasteiger partial charge >= 0.3 is 0 Å². The highest BCUT2D eigenvalue weighted by Crippen LogP contribution is 2.39. The van der Waals surface area contributed by atoms with E-state index in [9.17, 15) is 9.59 Å². The molecule has 0 bridgehead atoms. The highest BCUT2D eigenvalue weighted by Gasteiger charge is 2.42. The van der Waals surface area contributed by atoms with E-state index >= 15 is 0 Å². The molecule has 1 spiro atoms. The quantitative estimate of drug-likeness (QED) is 0.871. The molecule has 3 rings (SSSR count). The number of methoxy groups -OCH3 is 1. The van der Waals surface area contributed by atoms with E-state index in [-0.39, 0.29) is 23.8 Å². The lowest BCUT2D eigenvalue weighted by molar-refractivity contribution is -0.139. The van der Waals surface area contributed by atoms with Gasteiger partial charge in [-0.3, -0.25) is 9.59 Å². The lowest BCUT2D eigenvalue weighted by Crippen LogP contribution is -2.55. The molecule has 1 N–H and O–H groups in total. The highest BCUT2D eigenvalue weighted by molar-refractivity contribution is 5.94. The summed E-state index contributed by atoms with van der Waals surface area (Å²) >= 11 is 0. The molecule has 6 nitrogen and oxygen atoms in total. The number of carbonyl (C=O) groups is 2. The second-order valence-electron chi connectivity index (χ2n) is 7.45. The maximum absolute atomic E-state index is 13.0. The van der Waals surface area contributed by atoms with Gasteiger partial charge in [0, 0.05) is 50.2 Å². The van der Waals surface area contributed by atoms with E-state index in [1.165, 1.54) is 0 Å². The van der Waals surface area contributed by atoms with Gasteiger partial charge in [0.05, 0.1) is 7.11 Å². The van der Waals surface area contributed by atoms with Gasteiger partial charge in [-0.05, 0) is 43.9 Å². The fourth-order valence-electron chi connectivity index (χ4n) is 4.22. The molecule has 26 heavy (non-hydrogen) atoms. The van der Waals surface area contributed by atoms with Crippen molar-refractivity contribution in [3.05, 3.63) is 29.8 Å². The molecule has 0 aliphatic carbocycles. The van der Waals surface area contributed by atoms with Crippen LogP contribution in [-0.4, -0.2) is 66.6 Å². The molecule has 6 heteroatoms. The largest absolute Gasteiger partial charge is 0.497 e. The van der Waals surface area contributed by atoms with Gasteiger partial charge in [-0.2, -0.15) is 0 Å². The number of ether oxygens (including phenoxy) is 1. The third-order valence-electron chi connectivity index (χ3n) is 5.60. The van der Waals surface area contributed by atoms with Crippen molar-refractivity contribution in [3.8, 4) is 5.75 Å². The Morgan fingerprint density at radius 1 is 1.31 bits per heavy atom. The summed E-state index contributed by atoms with van der Waals surface area (Å²) in [5, 5.41) is 9.07. The zero-order valence-electron chi connectivity index (χ0n) is 15.4. The van der Waals surface area contributed by atoms with E-state index in [2.05, 4.69) is 0 Å². The van der Waals surface area contributed by atoms with Crippen LogP contribution in [0, 0.1) is 5.41 Å². The number of hydrogen-bond acceptors (Lipinski definition) is 4. The van der Waals surface area contributed by atoms with Crippen LogP contribution in [0.3, 0.4) is 0 Å². The maximum atomic E-state index is 13.0. The zero-order valence-corrected chi connectivity index (χ0v) is 15.4. The molecule has 1 aromatic carbocycles. The number of nitrogens with zero attached hydrogens (tertiary/aromatic N) is 2. The van der Waals surface area contributed by atoms with Crippen molar-refractivity contribution in [1.29, 1.82) is 0 Å². The van der Waals surface area contributed by atoms with Gasteiger partial charge in [-0.25, -0.2) is 0 Å². The van der Waals surface area contributed by atoms with Gasteiger partial charge in [-0.1, -0.05) is 6.07 Å². The zero-order chi connectivity index (χ0) is 18.6. The van der Waals surface area contributed by atoms with Gasteiger partial charge in [0.25, 0.3) is 5.91 Å². The molecule has 1 atom stereocenters. The van der Waals surface area contributed by atoms with E-state index in [0.717, 1.165) is 25.8 Å². The molecule has 0 saturated carbocycles. The summed E-state index contributed by atoms with van der Waals surface area (Å²) in [4.78, 5) is 29.0. The monoisotopic (exact) mass is 360 g/mol. The summed E-state index contributed by atoms with van der Waals surface area (Å²) in [7, 11) is 1.60. The van der Waals surface area contributed by atoms with E-state index in [0.29, 0.717) is 43.8 Å². The average Bonchev–Trinajstić information content (AvgIpc) is 2.68. The van der Waals surface area contributed by atoms with Crippen molar-refractivity contribution in [2.45, 2.75) is 32.1 Å². The summed E-state index contributed by atoms with van der Waals surface area (Å²) in [5.41, 5.74) is 0.626. The molecule has 2 saturated heterocycles. The number of piperidine rings is 2. The molecule has 2 aliphatic heterocycles. The minimum Gasteiger partial charge on any atom is -0.497 e. The molecule has 2 fully saturated rings. The Morgan fingerprint density at radius 3 is 2.92 bits per heavy atom. The van der Waals surface area contributed by atoms with Crippen LogP contribution in [0.15, 0.2) is 24.3 Å². The minimum absolute atomic E-state index is 0.0177. The number of benzene rings is 1. The third kappa shape index (κ3) is 4.01. The number of amides is 2. The van der Waals surface area contributed by atoms with Crippen LogP contribution in [-0.2, 0) is 4.79 Å². The van der Waals surface area contributed by atoms with E-state index in [1.807, 2.05) is 28.0 Å². The van der Waals surface area contributed by atoms with Crippen molar-refractivity contribution in [2.24, 2.45) is 5.41 Å². The van der Waals surface area contributed by atoms with Crippen molar-refractivity contribution in [3.63, 3.8) is 0 Å². The van der Waals surface area contributed by atoms with Crippen LogP contribution in [0.4, 0.5) is 0 Å². The first-order chi connectivity index (χ1) is 12.6. The Kier molecular flexibility index (Phi) is 5.81. The van der Waals surface area contributed by atoms with Gasteiger partial charge in [-0.15, -0.1) is 0 Å². The fraction of sp³-hybridized carbons (Fsp3) is 0.600. The first-order valence-electron chi connectivity index (χ1n) is 9.39. The SMILES string of the molecule is COc1cccc(C(=O)N2CCCC3(CCC(=O)N(CCCO)C3)C2)c1. The topological polar surface area (TPSA) is 70.1 Å². The summed E-state index contributed by atoms with van der Waals surface area (Å²) in [6.07, 6.45) is 3.97. The second kappa shape index (κ2) is 8.08. The second-order valence-corrected chi connectivity index (χ2v) is 7.45. The molecule has 0 radical (unpaired) electrons. The number of hydrogen-bond donors (Lipinski definition) is 1.